The highest BCUT2D eigenvalue weighted by Gasteiger charge is 2.25. The highest BCUT2D eigenvalue weighted by atomic mass is 127. The molecule has 0 radical (unpaired) electrons. The van der Waals surface area contributed by atoms with Crippen molar-refractivity contribution in [2.75, 3.05) is 31.1 Å². The van der Waals surface area contributed by atoms with Crippen LogP contribution in [0.2, 0.25) is 0 Å². The van der Waals surface area contributed by atoms with E-state index in [0.717, 1.165) is 56.2 Å². The maximum atomic E-state index is 11.6. The van der Waals surface area contributed by atoms with Gasteiger partial charge in [0.25, 0.3) is 0 Å². The summed E-state index contributed by atoms with van der Waals surface area (Å²) in [7, 11) is 0. The van der Waals surface area contributed by atoms with Crippen molar-refractivity contribution in [3.63, 3.8) is 0 Å². The maximum absolute atomic E-state index is 11.6. The number of nitrogens with zero attached hydrogens (tertiary/aromatic N) is 3. The number of rotatable bonds is 8. The number of guanidine groups is 1. The zero-order valence-corrected chi connectivity index (χ0v) is 20.4. The number of carbonyl (C=O) groups is 1. The van der Waals surface area contributed by atoms with Gasteiger partial charge in [-0.3, -0.25) is 4.79 Å². The lowest BCUT2D eigenvalue weighted by Crippen LogP contribution is -2.42. The molecule has 1 aromatic carbocycles. The number of hydrogen-bond donors (Lipinski definition) is 3. The quantitative estimate of drug-likeness (QED) is 0.274. The predicted molar refractivity (Wildman–Crippen MR) is 137 cm³/mol. The third kappa shape index (κ3) is 7.68. The first-order chi connectivity index (χ1) is 14.7. The van der Waals surface area contributed by atoms with Crippen molar-refractivity contribution in [2.45, 2.75) is 32.7 Å². The Bertz CT molecular complexity index is 845. The van der Waals surface area contributed by atoms with Gasteiger partial charge in [-0.15, -0.1) is 24.0 Å². The number of nitrogens with one attached hydrogen (secondary N) is 2. The maximum Gasteiger partial charge on any atom is 0.222 e. The molecule has 0 aliphatic carbocycles. The molecule has 2 heterocycles. The summed E-state index contributed by atoms with van der Waals surface area (Å²) in [6.45, 7) is 5.68. The number of piperidine rings is 1. The number of pyridine rings is 1. The normalized spacial score (nSPS) is 16.4. The Kier molecular flexibility index (Phi) is 10.6. The van der Waals surface area contributed by atoms with Gasteiger partial charge in [-0.1, -0.05) is 36.4 Å². The monoisotopic (exact) mass is 536 g/mol. The molecule has 3 rings (SSSR count). The van der Waals surface area contributed by atoms with E-state index in [9.17, 15) is 4.79 Å². The Balaban J connectivity index is 0.00000341. The molecule has 168 valence electrons. The Morgan fingerprint density at radius 1 is 1.23 bits per heavy atom. The van der Waals surface area contributed by atoms with Crippen LogP contribution in [0, 0.1) is 5.92 Å². The van der Waals surface area contributed by atoms with Crippen molar-refractivity contribution >= 4 is 41.7 Å². The number of hydrogen-bond acceptors (Lipinski definition) is 4. The molecule has 1 fully saturated rings. The molecule has 1 amide bonds. The van der Waals surface area contributed by atoms with Crippen molar-refractivity contribution in [1.82, 2.24) is 15.6 Å². The Morgan fingerprint density at radius 2 is 2.03 bits per heavy atom. The van der Waals surface area contributed by atoms with E-state index >= 15 is 0 Å². The first-order valence-corrected chi connectivity index (χ1v) is 10.7. The average Bonchev–Trinajstić information content (AvgIpc) is 2.78. The number of anilines is 1. The van der Waals surface area contributed by atoms with E-state index < -0.39 is 0 Å². The first kappa shape index (κ1) is 24.9. The summed E-state index contributed by atoms with van der Waals surface area (Å²) in [5.41, 5.74) is 7.88. The van der Waals surface area contributed by atoms with Crippen LogP contribution in [0.4, 0.5) is 5.82 Å². The van der Waals surface area contributed by atoms with Crippen LogP contribution >= 0.6 is 24.0 Å². The van der Waals surface area contributed by atoms with Crippen molar-refractivity contribution in [1.29, 1.82) is 0 Å². The van der Waals surface area contributed by atoms with Crippen molar-refractivity contribution in [2.24, 2.45) is 16.6 Å². The number of carbonyl (C=O) groups excluding carboxylic acids is 1. The number of benzene rings is 1. The molecule has 1 saturated heterocycles. The molecule has 2 aromatic rings. The van der Waals surface area contributed by atoms with Gasteiger partial charge in [0.05, 0.1) is 12.5 Å². The van der Waals surface area contributed by atoms with Crippen LogP contribution < -0.4 is 21.3 Å². The fourth-order valence-corrected chi connectivity index (χ4v) is 3.72. The second kappa shape index (κ2) is 13.1. The van der Waals surface area contributed by atoms with Gasteiger partial charge in [0.15, 0.2) is 5.96 Å². The number of primary amides is 1. The van der Waals surface area contributed by atoms with Crippen LogP contribution in [0.15, 0.2) is 53.7 Å². The smallest absolute Gasteiger partial charge is 0.222 e. The zero-order chi connectivity index (χ0) is 21.2. The molecular formula is C23H33IN6O. The molecular weight excluding hydrogens is 503 g/mol. The second-order valence-corrected chi connectivity index (χ2v) is 7.53. The second-order valence-electron chi connectivity index (χ2n) is 7.53. The number of nitrogens with two attached hydrogens (primary N) is 1. The minimum Gasteiger partial charge on any atom is -0.369 e. The summed E-state index contributed by atoms with van der Waals surface area (Å²) >= 11 is 0. The third-order valence-electron chi connectivity index (χ3n) is 5.29. The van der Waals surface area contributed by atoms with E-state index in [0.29, 0.717) is 13.1 Å². The summed E-state index contributed by atoms with van der Waals surface area (Å²) < 4.78 is 0. The highest BCUT2D eigenvalue weighted by Crippen LogP contribution is 2.24. The fraction of sp³-hybridized carbons (Fsp3) is 0.435. The van der Waals surface area contributed by atoms with Gasteiger partial charge in [-0.2, -0.15) is 0 Å². The molecule has 1 aliphatic heterocycles. The van der Waals surface area contributed by atoms with E-state index in [1.165, 1.54) is 5.56 Å². The first-order valence-electron chi connectivity index (χ1n) is 10.7. The molecule has 0 saturated carbocycles. The van der Waals surface area contributed by atoms with Crippen LogP contribution in [-0.2, 0) is 17.8 Å². The third-order valence-corrected chi connectivity index (χ3v) is 5.29. The molecule has 1 atom stereocenters. The number of amides is 1. The summed E-state index contributed by atoms with van der Waals surface area (Å²) in [6, 6.07) is 14.4. The number of halogens is 1. The van der Waals surface area contributed by atoms with Gasteiger partial charge in [-0.25, -0.2) is 9.98 Å². The summed E-state index contributed by atoms with van der Waals surface area (Å²) in [4.78, 5) is 23.2. The molecule has 8 heteroatoms. The van der Waals surface area contributed by atoms with Crippen molar-refractivity contribution < 1.29 is 4.79 Å². The van der Waals surface area contributed by atoms with Gasteiger partial charge in [0, 0.05) is 37.9 Å². The lowest BCUT2D eigenvalue weighted by molar-refractivity contribution is -0.122. The van der Waals surface area contributed by atoms with Crippen LogP contribution in [0.25, 0.3) is 0 Å². The van der Waals surface area contributed by atoms with Gasteiger partial charge in [0.1, 0.15) is 5.82 Å². The summed E-state index contributed by atoms with van der Waals surface area (Å²) in [6.07, 6.45) is 4.52. The molecule has 7 nitrogen and oxygen atoms in total. The zero-order valence-electron chi connectivity index (χ0n) is 18.1. The molecule has 4 N–H and O–H groups in total. The van der Waals surface area contributed by atoms with Gasteiger partial charge in [-0.05, 0) is 37.8 Å². The average molecular weight is 536 g/mol. The minimum atomic E-state index is -0.229. The largest absolute Gasteiger partial charge is 0.369 e. The van der Waals surface area contributed by atoms with Gasteiger partial charge >= 0.3 is 0 Å². The van der Waals surface area contributed by atoms with E-state index in [4.69, 9.17) is 10.7 Å². The van der Waals surface area contributed by atoms with Crippen LogP contribution in [-0.4, -0.2) is 43.0 Å². The van der Waals surface area contributed by atoms with E-state index in [-0.39, 0.29) is 35.8 Å². The molecule has 0 bridgehead atoms. The van der Waals surface area contributed by atoms with Crippen LogP contribution in [0.3, 0.4) is 0 Å². The highest BCUT2D eigenvalue weighted by molar-refractivity contribution is 14.0. The molecule has 31 heavy (non-hydrogen) atoms. The summed E-state index contributed by atoms with van der Waals surface area (Å²) in [5, 5.41) is 6.71. The lowest BCUT2D eigenvalue weighted by Gasteiger charge is -2.33. The molecule has 0 spiro atoms. The van der Waals surface area contributed by atoms with Crippen LogP contribution in [0.5, 0.6) is 0 Å². The number of aliphatic imine (C=N–C) groups is 1. The minimum absolute atomic E-state index is 0. The Morgan fingerprint density at radius 3 is 2.77 bits per heavy atom. The molecule has 1 aliphatic rings. The van der Waals surface area contributed by atoms with Crippen molar-refractivity contribution in [3.8, 4) is 0 Å². The summed E-state index contributed by atoms with van der Waals surface area (Å²) in [5.74, 6) is 1.34. The van der Waals surface area contributed by atoms with Crippen molar-refractivity contribution in [3.05, 3.63) is 59.8 Å². The van der Waals surface area contributed by atoms with E-state index in [1.54, 1.807) is 6.20 Å². The molecule has 1 unspecified atom stereocenters. The topological polar surface area (TPSA) is 95.6 Å². The fourth-order valence-electron chi connectivity index (χ4n) is 3.72. The Hall–Kier alpha value is -2.36. The SMILES string of the molecule is CCNC(=NCc1cccnc1N1CCCC(C(N)=O)C1)NCCc1ccccc1.I. The van der Waals surface area contributed by atoms with E-state index in [2.05, 4.69) is 51.7 Å². The van der Waals surface area contributed by atoms with E-state index in [1.807, 2.05) is 18.2 Å². The van der Waals surface area contributed by atoms with Crippen LogP contribution in [0.1, 0.15) is 30.9 Å². The van der Waals surface area contributed by atoms with Gasteiger partial charge < -0.3 is 21.3 Å². The standard InChI is InChI=1S/C23H32N6O.HI/c1-2-25-23(27-14-12-18-8-4-3-5-9-18)28-16-19-10-6-13-26-22(19)29-15-7-11-20(17-29)21(24)30;/h3-6,8-10,13,20H,2,7,11-12,14-17H2,1H3,(H2,24,30)(H2,25,27,28);1H. The lowest BCUT2D eigenvalue weighted by atomic mass is 9.97. The predicted octanol–water partition coefficient (Wildman–Crippen LogP) is 2.70. The number of aromatic nitrogens is 1. The van der Waals surface area contributed by atoms with Gasteiger partial charge in [0.2, 0.25) is 5.91 Å². The molecule has 1 aromatic heterocycles. The Labute approximate surface area is 201 Å².